The predicted molar refractivity (Wildman–Crippen MR) is 78.4 cm³/mol. The highest BCUT2D eigenvalue weighted by atomic mass is 16.4. The van der Waals surface area contributed by atoms with E-state index in [-0.39, 0.29) is 17.5 Å². The third-order valence-electron chi connectivity index (χ3n) is 3.18. The van der Waals surface area contributed by atoms with Crippen LogP contribution in [0, 0.1) is 0 Å². The summed E-state index contributed by atoms with van der Waals surface area (Å²) >= 11 is 0. The Labute approximate surface area is 122 Å². The highest BCUT2D eigenvalue weighted by Gasteiger charge is 2.12. The number of nitrogens with one attached hydrogen (secondary N) is 1. The molecule has 1 heterocycles. The molecular formula is C16H16N2O3. The first-order chi connectivity index (χ1) is 10.1. The molecule has 2 rings (SSSR count). The molecule has 0 fully saturated rings. The van der Waals surface area contributed by atoms with Crippen molar-refractivity contribution in [3.05, 3.63) is 65.5 Å². The minimum Gasteiger partial charge on any atom is -0.477 e. The second-order valence-electron chi connectivity index (χ2n) is 4.76. The summed E-state index contributed by atoms with van der Waals surface area (Å²) < 4.78 is 0. The Hall–Kier alpha value is -2.69. The zero-order chi connectivity index (χ0) is 15.2. The van der Waals surface area contributed by atoms with Crippen LogP contribution in [0.15, 0.2) is 48.7 Å². The smallest absolute Gasteiger partial charge is 0.354 e. The summed E-state index contributed by atoms with van der Waals surface area (Å²) in [6.45, 7) is 2.50. The number of carbonyl (C=O) groups excluding carboxylic acids is 1. The van der Waals surface area contributed by atoms with Gasteiger partial charge < -0.3 is 10.4 Å². The van der Waals surface area contributed by atoms with Crippen LogP contribution in [0.3, 0.4) is 0 Å². The van der Waals surface area contributed by atoms with Crippen LogP contribution in [0.25, 0.3) is 0 Å². The number of amides is 1. The van der Waals surface area contributed by atoms with Gasteiger partial charge in [0, 0.05) is 18.3 Å². The van der Waals surface area contributed by atoms with Crippen LogP contribution in [0.2, 0.25) is 0 Å². The van der Waals surface area contributed by atoms with Crippen LogP contribution in [0.1, 0.15) is 39.3 Å². The lowest BCUT2D eigenvalue weighted by Crippen LogP contribution is -2.27. The summed E-state index contributed by atoms with van der Waals surface area (Å²) in [6, 6.07) is 12.6. The van der Waals surface area contributed by atoms with E-state index in [1.165, 1.54) is 18.3 Å². The minimum absolute atomic E-state index is 0.140. The molecule has 1 unspecified atom stereocenters. The largest absolute Gasteiger partial charge is 0.477 e. The van der Waals surface area contributed by atoms with E-state index >= 15 is 0 Å². The first-order valence-corrected chi connectivity index (χ1v) is 6.60. The molecule has 0 saturated heterocycles. The zero-order valence-electron chi connectivity index (χ0n) is 11.6. The highest BCUT2D eigenvalue weighted by Crippen LogP contribution is 2.13. The number of carboxylic acid groups (broad SMARTS) is 1. The van der Waals surface area contributed by atoms with E-state index in [4.69, 9.17) is 5.11 Å². The summed E-state index contributed by atoms with van der Waals surface area (Å²) in [6.07, 6.45) is 1.32. The Bertz CT molecular complexity index is 641. The van der Waals surface area contributed by atoms with Crippen molar-refractivity contribution in [2.24, 2.45) is 0 Å². The quantitative estimate of drug-likeness (QED) is 0.883. The fourth-order valence-corrected chi connectivity index (χ4v) is 1.94. The Morgan fingerprint density at radius 3 is 2.62 bits per heavy atom. The highest BCUT2D eigenvalue weighted by molar-refractivity contribution is 5.96. The molecule has 1 amide bonds. The first-order valence-electron chi connectivity index (χ1n) is 6.60. The van der Waals surface area contributed by atoms with Crippen LogP contribution in [0.4, 0.5) is 0 Å². The number of pyridine rings is 1. The molecule has 108 valence electrons. The van der Waals surface area contributed by atoms with Gasteiger partial charge in [-0.1, -0.05) is 37.3 Å². The number of rotatable bonds is 5. The normalized spacial score (nSPS) is 11.7. The Kier molecular flexibility index (Phi) is 4.66. The van der Waals surface area contributed by atoms with E-state index in [0.29, 0.717) is 12.1 Å². The number of hydrogen-bond donors (Lipinski definition) is 2. The Morgan fingerprint density at radius 1 is 1.24 bits per heavy atom. The Morgan fingerprint density at radius 2 is 1.95 bits per heavy atom. The minimum atomic E-state index is -1.15. The van der Waals surface area contributed by atoms with Crippen molar-refractivity contribution >= 4 is 11.9 Å². The summed E-state index contributed by atoms with van der Waals surface area (Å²) in [5.41, 5.74) is 1.29. The molecular weight excluding hydrogens is 268 g/mol. The van der Waals surface area contributed by atoms with Crippen LogP contribution < -0.4 is 5.32 Å². The molecule has 0 aliphatic rings. The van der Waals surface area contributed by atoms with Crippen molar-refractivity contribution in [3.63, 3.8) is 0 Å². The average molecular weight is 284 g/mol. The number of hydrogen-bond acceptors (Lipinski definition) is 3. The van der Waals surface area contributed by atoms with Crippen LogP contribution in [-0.2, 0) is 0 Å². The topological polar surface area (TPSA) is 79.3 Å². The number of benzene rings is 1. The van der Waals surface area contributed by atoms with Crippen molar-refractivity contribution in [1.82, 2.24) is 10.3 Å². The SMILES string of the molecule is CC(CNC(=O)c1ccnc(C(=O)O)c1)c1ccccc1. The molecule has 0 spiro atoms. The van der Waals surface area contributed by atoms with Gasteiger partial charge in [0.1, 0.15) is 5.69 Å². The van der Waals surface area contributed by atoms with Gasteiger partial charge in [-0.2, -0.15) is 0 Å². The lowest BCUT2D eigenvalue weighted by atomic mass is 10.0. The van der Waals surface area contributed by atoms with Crippen LogP contribution >= 0.6 is 0 Å². The molecule has 2 aromatic rings. The summed E-state index contributed by atoms with van der Waals surface area (Å²) in [7, 11) is 0. The Balaban J connectivity index is 1.99. The lowest BCUT2D eigenvalue weighted by Gasteiger charge is -2.13. The van der Waals surface area contributed by atoms with E-state index in [9.17, 15) is 9.59 Å². The van der Waals surface area contributed by atoms with Gasteiger partial charge in [-0.25, -0.2) is 9.78 Å². The monoisotopic (exact) mass is 284 g/mol. The van der Waals surface area contributed by atoms with E-state index in [1.807, 2.05) is 37.3 Å². The fraction of sp³-hybridized carbons (Fsp3) is 0.188. The standard InChI is InChI=1S/C16H16N2O3/c1-11(12-5-3-2-4-6-12)10-18-15(19)13-7-8-17-14(9-13)16(20)21/h2-9,11H,10H2,1H3,(H,18,19)(H,20,21). The molecule has 0 saturated carbocycles. The predicted octanol–water partition coefficient (Wildman–Crippen LogP) is 2.31. The van der Waals surface area contributed by atoms with Crippen molar-refractivity contribution in [2.75, 3.05) is 6.54 Å². The summed E-state index contributed by atoms with van der Waals surface area (Å²) in [5, 5.41) is 11.7. The van der Waals surface area contributed by atoms with Crippen LogP contribution in [0.5, 0.6) is 0 Å². The molecule has 1 aromatic heterocycles. The molecule has 5 nitrogen and oxygen atoms in total. The van der Waals surface area contributed by atoms with E-state index in [0.717, 1.165) is 5.56 Å². The van der Waals surface area contributed by atoms with E-state index in [2.05, 4.69) is 10.3 Å². The van der Waals surface area contributed by atoms with Crippen molar-refractivity contribution in [1.29, 1.82) is 0 Å². The summed E-state index contributed by atoms with van der Waals surface area (Å²) in [5.74, 6) is -1.28. The van der Waals surface area contributed by atoms with E-state index < -0.39 is 5.97 Å². The van der Waals surface area contributed by atoms with E-state index in [1.54, 1.807) is 0 Å². The number of aromatic carboxylic acids is 1. The van der Waals surface area contributed by atoms with Gasteiger partial charge in [0.25, 0.3) is 5.91 Å². The lowest BCUT2D eigenvalue weighted by molar-refractivity contribution is 0.0690. The van der Waals surface area contributed by atoms with Crippen molar-refractivity contribution in [2.45, 2.75) is 12.8 Å². The number of carbonyl (C=O) groups is 2. The number of nitrogens with zero attached hydrogens (tertiary/aromatic N) is 1. The second kappa shape index (κ2) is 6.65. The van der Waals surface area contributed by atoms with Gasteiger partial charge >= 0.3 is 5.97 Å². The molecule has 0 bridgehead atoms. The van der Waals surface area contributed by atoms with Crippen molar-refractivity contribution < 1.29 is 14.7 Å². The molecule has 5 heteroatoms. The average Bonchev–Trinajstić information content (AvgIpc) is 2.53. The van der Waals surface area contributed by atoms with Crippen LogP contribution in [-0.4, -0.2) is 28.5 Å². The maximum atomic E-state index is 12.0. The number of carboxylic acids is 1. The fourth-order valence-electron chi connectivity index (χ4n) is 1.94. The molecule has 0 aliphatic heterocycles. The second-order valence-corrected chi connectivity index (χ2v) is 4.76. The van der Waals surface area contributed by atoms with Gasteiger partial charge in [0.2, 0.25) is 0 Å². The zero-order valence-corrected chi connectivity index (χ0v) is 11.6. The third kappa shape index (κ3) is 3.89. The molecule has 21 heavy (non-hydrogen) atoms. The van der Waals surface area contributed by atoms with Gasteiger partial charge in [0.15, 0.2) is 0 Å². The maximum Gasteiger partial charge on any atom is 0.354 e. The third-order valence-corrected chi connectivity index (χ3v) is 3.18. The molecule has 0 aliphatic carbocycles. The number of aromatic nitrogens is 1. The molecule has 1 aromatic carbocycles. The first kappa shape index (κ1) is 14.7. The molecule has 0 radical (unpaired) electrons. The van der Waals surface area contributed by atoms with Crippen molar-refractivity contribution in [3.8, 4) is 0 Å². The van der Waals surface area contributed by atoms with Gasteiger partial charge in [-0.05, 0) is 23.6 Å². The van der Waals surface area contributed by atoms with Gasteiger partial charge in [-0.15, -0.1) is 0 Å². The van der Waals surface area contributed by atoms with Gasteiger partial charge in [0.05, 0.1) is 0 Å². The molecule has 1 atom stereocenters. The summed E-state index contributed by atoms with van der Waals surface area (Å²) in [4.78, 5) is 26.5. The van der Waals surface area contributed by atoms with Gasteiger partial charge in [-0.3, -0.25) is 4.79 Å². The molecule has 2 N–H and O–H groups in total. The maximum absolute atomic E-state index is 12.0.